The summed E-state index contributed by atoms with van der Waals surface area (Å²) in [6.07, 6.45) is 18.6. The van der Waals surface area contributed by atoms with Gasteiger partial charge < -0.3 is 0 Å². The molecule has 1 heterocycles. The zero-order chi connectivity index (χ0) is 27.5. The van der Waals surface area contributed by atoms with Crippen LogP contribution in [0.25, 0.3) is 28.2 Å². The molecule has 2 fully saturated rings. The van der Waals surface area contributed by atoms with Crippen molar-refractivity contribution in [2.45, 2.75) is 109 Å². The number of nitrogens with zero attached hydrogens (tertiary/aromatic N) is 2. The van der Waals surface area contributed by atoms with Crippen molar-refractivity contribution < 1.29 is 0 Å². The van der Waals surface area contributed by atoms with Gasteiger partial charge in [-0.05, 0) is 89.3 Å². The first-order valence-electron chi connectivity index (χ1n) is 15.9. The van der Waals surface area contributed by atoms with E-state index in [-0.39, 0.29) is 5.41 Å². The second-order valence-electron chi connectivity index (χ2n) is 12.9. The highest BCUT2D eigenvalue weighted by molar-refractivity contribution is 5.72. The van der Waals surface area contributed by atoms with Crippen LogP contribution in [0.4, 0.5) is 0 Å². The molecule has 40 heavy (non-hydrogen) atoms. The fraction of sp³-hybridized carbons (Fsp3) is 0.447. The van der Waals surface area contributed by atoms with Crippen molar-refractivity contribution in [3.63, 3.8) is 0 Å². The van der Waals surface area contributed by atoms with Crippen molar-refractivity contribution in [1.82, 2.24) is 9.55 Å². The predicted octanol–water partition coefficient (Wildman–Crippen LogP) is 11.0. The largest absolute Gasteiger partial charge is 0.299 e. The third kappa shape index (κ3) is 5.30. The summed E-state index contributed by atoms with van der Waals surface area (Å²) in [6.45, 7) is 7.04. The summed E-state index contributed by atoms with van der Waals surface area (Å²) in [5.41, 5.74) is 10.0. The average Bonchev–Trinajstić information content (AvgIpc) is 3.51. The minimum atomic E-state index is 0.0862. The topological polar surface area (TPSA) is 17.8 Å². The molecule has 0 radical (unpaired) electrons. The van der Waals surface area contributed by atoms with Gasteiger partial charge >= 0.3 is 0 Å². The Morgan fingerprint density at radius 1 is 0.725 bits per heavy atom. The van der Waals surface area contributed by atoms with Crippen LogP contribution in [-0.4, -0.2) is 9.55 Å². The van der Waals surface area contributed by atoms with E-state index in [9.17, 15) is 0 Å². The zero-order valence-corrected chi connectivity index (χ0v) is 24.8. The molecule has 4 aromatic rings. The first-order valence-corrected chi connectivity index (χ1v) is 15.9. The van der Waals surface area contributed by atoms with Crippen LogP contribution in [0.2, 0.25) is 0 Å². The normalized spacial score (nSPS) is 17.3. The van der Waals surface area contributed by atoms with Crippen LogP contribution in [0.1, 0.15) is 120 Å². The van der Waals surface area contributed by atoms with E-state index in [1.54, 1.807) is 11.1 Å². The molecule has 2 aliphatic rings. The SMILES string of the molecule is CCC(C)(C)c1ccccc1-c1nccn1-c1c(C2CCCCC2)cc(-c2ccccc2)cc1C1CCCCC1. The van der Waals surface area contributed by atoms with Crippen molar-refractivity contribution in [1.29, 1.82) is 0 Å². The molecule has 2 nitrogen and oxygen atoms in total. The van der Waals surface area contributed by atoms with Gasteiger partial charge in [-0.3, -0.25) is 4.57 Å². The van der Waals surface area contributed by atoms with Crippen molar-refractivity contribution >= 4 is 0 Å². The summed E-state index contributed by atoms with van der Waals surface area (Å²) in [7, 11) is 0. The summed E-state index contributed by atoms with van der Waals surface area (Å²) >= 11 is 0. The monoisotopic (exact) mass is 530 g/mol. The number of hydrogen-bond acceptors (Lipinski definition) is 1. The molecule has 2 aliphatic carbocycles. The number of rotatable bonds is 7. The van der Waals surface area contributed by atoms with E-state index in [1.165, 1.54) is 92.1 Å². The van der Waals surface area contributed by atoms with Crippen molar-refractivity contribution in [3.8, 4) is 28.2 Å². The summed E-state index contributed by atoms with van der Waals surface area (Å²) < 4.78 is 2.49. The molecule has 0 saturated heterocycles. The van der Waals surface area contributed by atoms with Gasteiger partial charge in [0, 0.05) is 18.0 Å². The maximum Gasteiger partial charge on any atom is 0.144 e. The minimum Gasteiger partial charge on any atom is -0.299 e. The number of imidazole rings is 1. The van der Waals surface area contributed by atoms with Gasteiger partial charge in [-0.1, -0.05) is 114 Å². The molecule has 0 spiro atoms. The smallest absolute Gasteiger partial charge is 0.144 e. The van der Waals surface area contributed by atoms with E-state index >= 15 is 0 Å². The maximum absolute atomic E-state index is 5.09. The summed E-state index contributed by atoms with van der Waals surface area (Å²) in [5.74, 6) is 2.30. The quantitative estimate of drug-likeness (QED) is 0.232. The Hall–Kier alpha value is -3.13. The van der Waals surface area contributed by atoms with Crippen LogP contribution < -0.4 is 0 Å². The molecule has 0 atom stereocenters. The van der Waals surface area contributed by atoms with E-state index in [0.717, 1.165) is 12.2 Å². The summed E-state index contributed by atoms with van der Waals surface area (Å²) in [4.78, 5) is 5.09. The molecule has 6 rings (SSSR count). The average molecular weight is 531 g/mol. The zero-order valence-electron chi connectivity index (χ0n) is 24.8. The van der Waals surface area contributed by atoms with Gasteiger partial charge in [0.25, 0.3) is 0 Å². The Morgan fingerprint density at radius 3 is 1.90 bits per heavy atom. The second-order valence-corrected chi connectivity index (χ2v) is 12.9. The fourth-order valence-corrected chi connectivity index (χ4v) is 7.35. The Kier molecular flexibility index (Phi) is 7.96. The van der Waals surface area contributed by atoms with Gasteiger partial charge in [0.1, 0.15) is 5.82 Å². The van der Waals surface area contributed by atoms with Gasteiger partial charge in [-0.25, -0.2) is 4.98 Å². The maximum atomic E-state index is 5.09. The van der Waals surface area contributed by atoms with Gasteiger partial charge in [0.05, 0.1) is 5.69 Å². The van der Waals surface area contributed by atoms with Crippen LogP contribution in [0.3, 0.4) is 0 Å². The van der Waals surface area contributed by atoms with E-state index in [1.807, 2.05) is 6.20 Å². The lowest BCUT2D eigenvalue weighted by Crippen LogP contribution is -2.18. The van der Waals surface area contributed by atoms with Gasteiger partial charge in [-0.2, -0.15) is 0 Å². The fourth-order valence-electron chi connectivity index (χ4n) is 7.35. The second kappa shape index (κ2) is 11.8. The van der Waals surface area contributed by atoms with E-state index in [2.05, 4.69) is 98.3 Å². The molecule has 0 unspecified atom stereocenters. The lowest BCUT2D eigenvalue weighted by atomic mass is 9.77. The molecule has 0 bridgehead atoms. The van der Waals surface area contributed by atoms with Gasteiger partial charge in [0.15, 0.2) is 0 Å². The standard InChI is InChI=1S/C38H46N2/c1-4-38(2,3)35-23-15-14-22-32(35)37-39-24-25-40(37)36-33(29-18-10-6-11-19-29)26-31(28-16-8-5-9-17-28)27-34(36)30-20-12-7-13-21-30/h5,8-9,14-17,22-27,29-30H,4,6-7,10-13,18-21H2,1-3H3. The Morgan fingerprint density at radius 2 is 1.30 bits per heavy atom. The lowest BCUT2D eigenvalue weighted by molar-refractivity contribution is 0.434. The third-order valence-corrected chi connectivity index (χ3v) is 10.0. The first kappa shape index (κ1) is 27.1. The van der Waals surface area contributed by atoms with Crippen LogP contribution in [0.15, 0.2) is 79.1 Å². The van der Waals surface area contributed by atoms with E-state index < -0.39 is 0 Å². The first-order chi connectivity index (χ1) is 19.6. The van der Waals surface area contributed by atoms with Crippen molar-refractivity contribution in [2.75, 3.05) is 0 Å². The van der Waals surface area contributed by atoms with Crippen LogP contribution in [0.5, 0.6) is 0 Å². The molecule has 2 saturated carbocycles. The molecule has 1 aromatic heterocycles. The number of benzene rings is 3. The molecule has 208 valence electrons. The van der Waals surface area contributed by atoms with Gasteiger partial charge in [0.2, 0.25) is 0 Å². The Bertz CT molecular complexity index is 1380. The highest BCUT2D eigenvalue weighted by Gasteiger charge is 2.29. The molecule has 0 N–H and O–H groups in total. The predicted molar refractivity (Wildman–Crippen MR) is 169 cm³/mol. The van der Waals surface area contributed by atoms with Gasteiger partial charge in [-0.15, -0.1) is 0 Å². The Labute approximate surface area is 241 Å². The molecule has 0 aliphatic heterocycles. The van der Waals surface area contributed by atoms with Crippen LogP contribution in [0, 0.1) is 0 Å². The molecular formula is C38H46N2. The summed E-state index contributed by atoms with van der Waals surface area (Å²) in [6, 6.07) is 25.2. The molecular weight excluding hydrogens is 484 g/mol. The van der Waals surface area contributed by atoms with Crippen LogP contribution in [-0.2, 0) is 5.41 Å². The number of aromatic nitrogens is 2. The summed E-state index contributed by atoms with van der Waals surface area (Å²) in [5, 5.41) is 0. The van der Waals surface area contributed by atoms with Crippen molar-refractivity contribution in [2.24, 2.45) is 0 Å². The van der Waals surface area contributed by atoms with E-state index in [0.29, 0.717) is 11.8 Å². The van der Waals surface area contributed by atoms with E-state index in [4.69, 9.17) is 4.98 Å². The third-order valence-electron chi connectivity index (χ3n) is 10.0. The van der Waals surface area contributed by atoms with Crippen LogP contribution >= 0.6 is 0 Å². The molecule has 3 aromatic carbocycles. The highest BCUT2D eigenvalue weighted by atomic mass is 15.1. The Balaban J connectivity index is 1.61. The highest BCUT2D eigenvalue weighted by Crippen LogP contribution is 2.46. The lowest BCUT2D eigenvalue weighted by Gasteiger charge is -2.32. The minimum absolute atomic E-state index is 0.0862. The number of hydrogen-bond donors (Lipinski definition) is 0. The molecule has 2 heteroatoms. The van der Waals surface area contributed by atoms with Crippen molar-refractivity contribution in [3.05, 3.63) is 95.8 Å². The molecule has 0 amide bonds.